The lowest BCUT2D eigenvalue weighted by Crippen LogP contribution is -2.28. The van der Waals surface area contributed by atoms with Crippen LogP contribution in [0.1, 0.15) is 136 Å². The van der Waals surface area contributed by atoms with E-state index in [0.29, 0.717) is 19.6 Å². The minimum absolute atomic E-state index is 0.387. The van der Waals surface area contributed by atoms with Crippen LogP contribution in [0.25, 0.3) is 0 Å². The molecule has 4 heteroatoms. The number of rotatable bonds is 22. The Morgan fingerprint density at radius 1 is 0.500 bits per heavy atom. The third-order valence-electron chi connectivity index (χ3n) is 5.65. The molecule has 0 radical (unpaired) electrons. The van der Waals surface area contributed by atoms with Crippen LogP contribution < -0.4 is 0 Å². The third kappa shape index (κ3) is 17.8. The zero-order chi connectivity index (χ0) is 22.3. The molecule has 0 aliphatic rings. The van der Waals surface area contributed by atoms with Gasteiger partial charge in [-0.2, -0.15) is 0 Å². The van der Waals surface area contributed by atoms with Crippen molar-refractivity contribution in [3.05, 3.63) is 0 Å². The fourth-order valence-corrected chi connectivity index (χ4v) is 3.60. The Morgan fingerprint density at radius 3 is 1.23 bits per heavy atom. The lowest BCUT2D eigenvalue weighted by molar-refractivity contribution is -0.162. The summed E-state index contributed by atoms with van der Waals surface area (Å²) in [4.78, 5) is 24.9. The van der Waals surface area contributed by atoms with Crippen molar-refractivity contribution in [2.24, 2.45) is 5.92 Å². The van der Waals surface area contributed by atoms with Crippen molar-refractivity contribution >= 4 is 11.9 Å². The van der Waals surface area contributed by atoms with Crippen LogP contribution in [0.4, 0.5) is 0 Å². The molecule has 4 nitrogen and oxygen atoms in total. The maximum Gasteiger partial charge on any atom is 0.320 e. The minimum atomic E-state index is -0.745. The smallest absolute Gasteiger partial charge is 0.320 e. The van der Waals surface area contributed by atoms with E-state index in [-0.39, 0.29) is 11.9 Å². The normalized spacial score (nSPS) is 11.1. The van der Waals surface area contributed by atoms with Crippen LogP contribution in [0, 0.1) is 5.92 Å². The van der Waals surface area contributed by atoms with Crippen LogP contribution in [0.5, 0.6) is 0 Å². The van der Waals surface area contributed by atoms with Crippen molar-refractivity contribution in [1.82, 2.24) is 0 Å². The van der Waals surface area contributed by atoms with Gasteiger partial charge in [0, 0.05) is 0 Å². The van der Waals surface area contributed by atoms with Gasteiger partial charge in [0.15, 0.2) is 5.92 Å². The maximum absolute atomic E-state index is 12.5. The Balaban J connectivity index is 4.07. The fourth-order valence-electron chi connectivity index (χ4n) is 3.60. The first kappa shape index (κ1) is 28.9. The number of carbonyl (C=O) groups excluding carboxylic acids is 2. The van der Waals surface area contributed by atoms with Crippen molar-refractivity contribution in [2.75, 3.05) is 13.2 Å². The second-order valence-electron chi connectivity index (χ2n) is 8.63. The highest BCUT2D eigenvalue weighted by Crippen LogP contribution is 2.16. The van der Waals surface area contributed by atoms with Crippen molar-refractivity contribution in [3.8, 4) is 0 Å². The van der Waals surface area contributed by atoms with Crippen molar-refractivity contribution in [3.63, 3.8) is 0 Å². The summed E-state index contributed by atoms with van der Waals surface area (Å²) < 4.78 is 10.9. The van der Waals surface area contributed by atoms with Crippen LogP contribution in [-0.2, 0) is 19.1 Å². The van der Waals surface area contributed by atoms with E-state index in [1.165, 1.54) is 64.2 Å². The molecule has 0 saturated carbocycles. The van der Waals surface area contributed by atoms with E-state index in [0.717, 1.165) is 44.9 Å². The number of unbranched alkanes of at least 4 members (excludes halogenated alkanes) is 14. The molecular weight excluding hydrogens is 376 g/mol. The minimum Gasteiger partial charge on any atom is -0.465 e. The lowest BCUT2D eigenvalue weighted by Gasteiger charge is -2.15. The Kier molecular flexibility index (Phi) is 21.8. The van der Waals surface area contributed by atoms with Crippen molar-refractivity contribution < 1.29 is 19.1 Å². The first-order chi connectivity index (χ1) is 14.7. The Morgan fingerprint density at radius 2 is 0.833 bits per heavy atom. The first-order valence-corrected chi connectivity index (χ1v) is 13.0. The molecule has 0 bridgehead atoms. The largest absolute Gasteiger partial charge is 0.465 e. The molecule has 0 spiro atoms. The zero-order valence-electron chi connectivity index (χ0n) is 20.4. The van der Waals surface area contributed by atoms with Gasteiger partial charge in [0.1, 0.15) is 0 Å². The molecule has 0 aromatic heterocycles. The molecule has 0 aliphatic carbocycles. The monoisotopic (exact) mass is 426 g/mol. The van der Waals surface area contributed by atoms with Gasteiger partial charge in [-0.05, 0) is 19.3 Å². The quantitative estimate of drug-likeness (QED) is 0.101. The van der Waals surface area contributed by atoms with Crippen LogP contribution in [0.3, 0.4) is 0 Å². The topological polar surface area (TPSA) is 52.6 Å². The number of hydrogen-bond acceptors (Lipinski definition) is 4. The molecule has 30 heavy (non-hydrogen) atoms. The SMILES string of the molecule is CCCCCCCCCOC(=O)C(CCCCC)C(=O)OCCCCCCCCC. The van der Waals surface area contributed by atoms with Gasteiger partial charge in [-0.1, -0.05) is 117 Å². The second-order valence-corrected chi connectivity index (χ2v) is 8.63. The van der Waals surface area contributed by atoms with Crippen LogP contribution >= 0.6 is 0 Å². The fraction of sp³-hybridized carbons (Fsp3) is 0.923. The van der Waals surface area contributed by atoms with Crippen molar-refractivity contribution in [1.29, 1.82) is 0 Å². The van der Waals surface area contributed by atoms with Gasteiger partial charge in [-0.15, -0.1) is 0 Å². The molecular formula is C26H50O4. The van der Waals surface area contributed by atoms with Crippen LogP contribution in [-0.4, -0.2) is 25.2 Å². The van der Waals surface area contributed by atoms with E-state index >= 15 is 0 Å². The maximum atomic E-state index is 12.5. The molecule has 0 saturated heterocycles. The molecule has 0 aromatic carbocycles. The number of esters is 2. The molecule has 0 heterocycles. The Labute approximate surface area is 186 Å². The Bertz CT molecular complexity index is 362. The standard InChI is InChI=1S/C26H50O4/c1-4-7-10-12-14-16-19-22-29-25(27)24(21-18-9-6-3)26(28)30-23-20-17-15-13-11-8-5-2/h24H,4-23H2,1-3H3. The molecule has 0 amide bonds. The summed E-state index contributed by atoms with van der Waals surface area (Å²) in [5.74, 6) is -1.52. The summed E-state index contributed by atoms with van der Waals surface area (Å²) >= 11 is 0. The summed E-state index contributed by atoms with van der Waals surface area (Å²) in [7, 11) is 0. The summed E-state index contributed by atoms with van der Waals surface area (Å²) in [6, 6.07) is 0. The molecule has 178 valence electrons. The Hall–Kier alpha value is -1.06. The predicted octanol–water partition coefficient (Wildman–Crippen LogP) is 7.77. The zero-order valence-corrected chi connectivity index (χ0v) is 20.4. The van der Waals surface area contributed by atoms with E-state index < -0.39 is 5.92 Å². The molecule has 0 aromatic rings. The molecule has 0 aliphatic heterocycles. The summed E-state index contributed by atoms with van der Waals surface area (Å²) in [5, 5.41) is 0. The third-order valence-corrected chi connectivity index (χ3v) is 5.65. The number of ether oxygens (including phenoxy) is 2. The summed E-state index contributed by atoms with van der Waals surface area (Å²) in [5.41, 5.74) is 0. The van der Waals surface area contributed by atoms with Crippen LogP contribution in [0.2, 0.25) is 0 Å². The highest BCUT2D eigenvalue weighted by Gasteiger charge is 2.29. The highest BCUT2D eigenvalue weighted by atomic mass is 16.6. The molecule has 0 unspecified atom stereocenters. The first-order valence-electron chi connectivity index (χ1n) is 13.0. The van der Waals surface area contributed by atoms with Gasteiger partial charge in [-0.3, -0.25) is 9.59 Å². The molecule has 0 atom stereocenters. The number of carbonyl (C=O) groups is 2. The van der Waals surface area contributed by atoms with Gasteiger partial charge in [0.25, 0.3) is 0 Å². The van der Waals surface area contributed by atoms with E-state index in [4.69, 9.17) is 9.47 Å². The van der Waals surface area contributed by atoms with E-state index in [1.807, 2.05) is 0 Å². The average Bonchev–Trinajstić information content (AvgIpc) is 2.74. The highest BCUT2D eigenvalue weighted by molar-refractivity contribution is 5.94. The van der Waals surface area contributed by atoms with Gasteiger partial charge >= 0.3 is 11.9 Å². The van der Waals surface area contributed by atoms with Gasteiger partial charge in [-0.25, -0.2) is 0 Å². The van der Waals surface area contributed by atoms with Crippen molar-refractivity contribution in [2.45, 2.75) is 136 Å². The molecule has 0 N–H and O–H groups in total. The lowest BCUT2D eigenvalue weighted by atomic mass is 10.0. The van der Waals surface area contributed by atoms with E-state index in [9.17, 15) is 9.59 Å². The second kappa shape index (κ2) is 22.6. The van der Waals surface area contributed by atoms with Gasteiger partial charge in [0.2, 0.25) is 0 Å². The molecule has 0 fully saturated rings. The van der Waals surface area contributed by atoms with Gasteiger partial charge in [0.05, 0.1) is 13.2 Å². The van der Waals surface area contributed by atoms with Crippen LogP contribution in [0.15, 0.2) is 0 Å². The average molecular weight is 427 g/mol. The summed E-state index contributed by atoms with van der Waals surface area (Å²) in [6.45, 7) is 7.39. The number of hydrogen-bond donors (Lipinski definition) is 0. The van der Waals surface area contributed by atoms with E-state index in [2.05, 4.69) is 20.8 Å². The molecule has 0 rings (SSSR count). The predicted molar refractivity (Wildman–Crippen MR) is 126 cm³/mol. The van der Waals surface area contributed by atoms with E-state index in [1.54, 1.807) is 0 Å². The van der Waals surface area contributed by atoms with Gasteiger partial charge < -0.3 is 9.47 Å². The summed E-state index contributed by atoms with van der Waals surface area (Å²) in [6.07, 6.45) is 20.0.